The molecule has 2 aromatic rings. The van der Waals surface area contributed by atoms with Crippen LogP contribution in [0.1, 0.15) is 52.8 Å². The number of nitrogens with zero attached hydrogens (tertiary/aromatic N) is 1. The van der Waals surface area contributed by atoms with Crippen LogP contribution in [0.3, 0.4) is 0 Å². The Kier molecular flexibility index (Phi) is 8.76. The summed E-state index contributed by atoms with van der Waals surface area (Å²) >= 11 is 6.13. The number of ether oxygens (including phenoxy) is 3. The number of amides is 2. The zero-order valence-electron chi connectivity index (χ0n) is 19.6. The molecule has 0 heterocycles. The monoisotopic (exact) mass is 488 g/mol. The van der Waals surface area contributed by atoms with Crippen molar-refractivity contribution in [3.05, 3.63) is 52.5 Å². The second-order valence-corrected chi connectivity index (χ2v) is 8.47. The summed E-state index contributed by atoms with van der Waals surface area (Å²) in [6.07, 6.45) is 5.24. The van der Waals surface area contributed by atoms with Crippen molar-refractivity contribution >= 4 is 35.1 Å². The fourth-order valence-corrected chi connectivity index (χ4v) is 4.19. The van der Waals surface area contributed by atoms with Gasteiger partial charge >= 0.3 is 5.97 Å². The Morgan fingerprint density at radius 3 is 2.29 bits per heavy atom. The molecule has 1 aliphatic carbocycles. The number of methoxy groups -OCH3 is 2. The summed E-state index contributed by atoms with van der Waals surface area (Å²) in [4.78, 5) is 40.0. The summed E-state index contributed by atoms with van der Waals surface area (Å²) in [5.41, 5.74) is 0.398. The van der Waals surface area contributed by atoms with Crippen molar-refractivity contribution in [1.29, 1.82) is 0 Å². The Bertz CT molecular complexity index is 1050. The third-order valence-electron chi connectivity index (χ3n) is 5.95. The standard InChI is InChI=1S/C25H29ClN2O6/c1-28(16-9-5-4-6-10-16)23(29)15-34-25(31)18-13-21(32-2)22(33-3)14-20(18)27-24(30)17-11-7-8-12-19(17)26/h7-8,11-14,16H,4-6,9-10,15H2,1-3H3,(H,27,30). The first-order valence-electron chi connectivity index (χ1n) is 11.1. The normalized spacial score (nSPS) is 13.6. The van der Waals surface area contributed by atoms with Crippen LogP contribution in [-0.2, 0) is 9.53 Å². The molecule has 0 bridgehead atoms. The molecule has 1 saturated carbocycles. The maximum absolute atomic E-state index is 13.0. The van der Waals surface area contributed by atoms with Crippen molar-refractivity contribution in [2.45, 2.75) is 38.1 Å². The minimum absolute atomic E-state index is 0.0196. The second kappa shape index (κ2) is 11.7. The van der Waals surface area contributed by atoms with E-state index < -0.39 is 18.5 Å². The number of hydrogen-bond acceptors (Lipinski definition) is 6. The Labute approximate surface area is 204 Å². The van der Waals surface area contributed by atoms with Gasteiger partial charge in [0.15, 0.2) is 18.1 Å². The number of nitrogens with one attached hydrogen (secondary N) is 1. The van der Waals surface area contributed by atoms with Crippen molar-refractivity contribution < 1.29 is 28.6 Å². The minimum Gasteiger partial charge on any atom is -0.493 e. The molecule has 2 amide bonds. The van der Waals surface area contributed by atoms with Crippen molar-refractivity contribution in [2.24, 2.45) is 0 Å². The number of benzene rings is 2. The van der Waals surface area contributed by atoms with E-state index in [1.807, 2.05) is 0 Å². The number of esters is 1. The molecule has 0 radical (unpaired) electrons. The number of hydrogen-bond donors (Lipinski definition) is 1. The maximum atomic E-state index is 13.0. The second-order valence-electron chi connectivity index (χ2n) is 8.06. The van der Waals surface area contributed by atoms with E-state index in [-0.39, 0.29) is 39.5 Å². The van der Waals surface area contributed by atoms with E-state index in [0.717, 1.165) is 25.7 Å². The van der Waals surface area contributed by atoms with Crippen LogP contribution in [0.15, 0.2) is 36.4 Å². The lowest BCUT2D eigenvalue weighted by molar-refractivity contribution is -0.135. The van der Waals surface area contributed by atoms with Crippen LogP contribution < -0.4 is 14.8 Å². The lowest BCUT2D eigenvalue weighted by Gasteiger charge is -2.31. The summed E-state index contributed by atoms with van der Waals surface area (Å²) in [5, 5.41) is 2.95. The van der Waals surface area contributed by atoms with Crippen molar-refractivity contribution in [1.82, 2.24) is 4.90 Å². The first-order chi connectivity index (χ1) is 16.3. The van der Waals surface area contributed by atoms with E-state index in [2.05, 4.69) is 5.32 Å². The van der Waals surface area contributed by atoms with E-state index in [1.165, 1.54) is 32.8 Å². The van der Waals surface area contributed by atoms with Crippen molar-refractivity contribution in [2.75, 3.05) is 33.2 Å². The van der Waals surface area contributed by atoms with Crippen LogP contribution in [-0.4, -0.2) is 56.6 Å². The highest BCUT2D eigenvalue weighted by Crippen LogP contribution is 2.34. The number of rotatable bonds is 8. The van der Waals surface area contributed by atoms with Gasteiger partial charge in [0.1, 0.15) is 0 Å². The first kappa shape index (κ1) is 25.4. The van der Waals surface area contributed by atoms with Gasteiger partial charge in [0.05, 0.1) is 36.1 Å². The van der Waals surface area contributed by atoms with Gasteiger partial charge in [-0.05, 0) is 25.0 Å². The highest BCUT2D eigenvalue weighted by Gasteiger charge is 2.25. The van der Waals surface area contributed by atoms with Gasteiger partial charge in [-0.25, -0.2) is 4.79 Å². The van der Waals surface area contributed by atoms with Crippen LogP contribution in [0, 0.1) is 0 Å². The van der Waals surface area contributed by atoms with Gasteiger partial charge in [-0.15, -0.1) is 0 Å². The third kappa shape index (κ3) is 5.99. The summed E-state index contributed by atoms with van der Waals surface area (Å²) in [6, 6.07) is 9.56. The first-order valence-corrected chi connectivity index (χ1v) is 11.5. The van der Waals surface area contributed by atoms with Gasteiger partial charge in [-0.2, -0.15) is 0 Å². The molecule has 34 heavy (non-hydrogen) atoms. The average molecular weight is 489 g/mol. The van der Waals surface area contributed by atoms with Crippen molar-refractivity contribution in [3.8, 4) is 11.5 Å². The zero-order chi connectivity index (χ0) is 24.7. The number of carbonyl (C=O) groups is 3. The quantitative estimate of drug-likeness (QED) is 0.547. The number of anilines is 1. The molecule has 0 aromatic heterocycles. The largest absolute Gasteiger partial charge is 0.493 e. The SMILES string of the molecule is COc1cc(NC(=O)c2ccccc2Cl)c(C(=O)OCC(=O)N(C)C2CCCCC2)cc1OC. The Balaban J connectivity index is 1.79. The maximum Gasteiger partial charge on any atom is 0.340 e. The molecule has 0 spiro atoms. The van der Waals surface area contributed by atoms with Gasteiger partial charge in [0.25, 0.3) is 11.8 Å². The Hall–Kier alpha value is -3.26. The molecule has 2 aromatic carbocycles. The molecule has 0 unspecified atom stereocenters. The van der Waals surface area contributed by atoms with Crippen LogP contribution in [0.2, 0.25) is 5.02 Å². The van der Waals surface area contributed by atoms with Gasteiger partial charge in [0.2, 0.25) is 0 Å². The molecule has 3 rings (SSSR count). The topological polar surface area (TPSA) is 94.2 Å². The third-order valence-corrected chi connectivity index (χ3v) is 6.28. The predicted molar refractivity (Wildman–Crippen MR) is 129 cm³/mol. The van der Waals surface area contributed by atoms with Gasteiger partial charge in [-0.1, -0.05) is 43.0 Å². The summed E-state index contributed by atoms with van der Waals surface area (Å²) < 4.78 is 15.9. The van der Waals surface area contributed by atoms with Crippen LogP contribution in [0.5, 0.6) is 11.5 Å². The molecule has 0 saturated heterocycles. The molecule has 182 valence electrons. The summed E-state index contributed by atoms with van der Waals surface area (Å²) in [6.45, 7) is -0.405. The fraction of sp³-hybridized carbons (Fsp3) is 0.400. The number of carbonyl (C=O) groups excluding carboxylic acids is 3. The minimum atomic E-state index is -0.777. The van der Waals surface area contributed by atoms with E-state index in [4.69, 9.17) is 25.8 Å². The molecular formula is C25H29ClN2O6. The van der Waals surface area contributed by atoms with E-state index in [1.54, 1.807) is 36.2 Å². The Morgan fingerprint density at radius 2 is 1.65 bits per heavy atom. The lowest BCUT2D eigenvalue weighted by Crippen LogP contribution is -2.40. The molecule has 1 fully saturated rings. The summed E-state index contributed by atoms with van der Waals surface area (Å²) in [5.74, 6) is -0.986. The van der Waals surface area contributed by atoms with Gasteiger partial charge in [-0.3, -0.25) is 9.59 Å². The average Bonchev–Trinajstić information content (AvgIpc) is 2.86. The van der Waals surface area contributed by atoms with Crippen LogP contribution in [0.25, 0.3) is 0 Å². The van der Waals surface area contributed by atoms with Gasteiger partial charge in [0, 0.05) is 25.2 Å². The van der Waals surface area contributed by atoms with E-state index in [0.29, 0.717) is 5.75 Å². The van der Waals surface area contributed by atoms with Gasteiger partial charge < -0.3 is 24.4 Å². The molecule has 1 N–H and O–H groups in total. The van der Waals surface area contributed by atoms with Crippen molar-refractivity contribution in [3.63, 3.8) is 0 Å². The highest BCUT2D eigenvalue weighted by atomic mass is 35.5. The van der Waals surface area contributed by atoms with E-state index in [9.17, 15) is 14.4 Å². The van der Waals surface area contributed by atoms with Crippen LogP contribution >= 0.6 is 11.6 Å². The molecule has 8 nitrogen and oxygen atoms in total. The molecule has 9 heteroatoms. The predicted octanol–water partition coefficient (Wildman–Crippen LogP) is 4.56. The molecule has 0 aliphatic heterocycles. The highest BCUT2D eigenvalue weighted by molar-refractivity contribution is 6.34. The molecule has 1 aliphatic rings. The zero-order valence-corrected chi connectivity index (χ0v) is 20.3. The fourth-order valence-electron chi connectivity index (χ4n) is 3.97. The Morgan fingerprint density at radius 1 is 1.00 bits per heavy atom. The van der Waals surface area contributed by atoms with Crippen LogP contribution in [0.4, 0.5) is 5.69 Å². The molecular weight excluding hydrogens is 460 g/mol. The number of likely N-dealkylation sites (N-methyl/N-ethyl adjacent to an activating group) is 1. The van der Waals surface area contributed by atoms with E-state index >= 15 is 0 Å². The summed E-state index contributed by atoms with van der Waals surface area (Å²) in [7, 11) is 4.60. The molecule has 0 atom stereocenters. The smallest absolute Gasteiger partial charge is 0.340 e. The lowest BCUT2D eigenvalue weighted by atomic mass is 9.94. The number of halogens is 1.